The van der Waals surface area contributed by atoms with E-state index in [0.717, 1.165) is 12.0 Å². The maximum absolute atomic E-state index is 12.3. The van der Waals surface area contributed by atoms with Crippen LogP contribution in [0.4, 0.5) is 0 Å². The van der Waals surface area contributed by atoms with Gasteiger partial charge < -0.3 is 5.32 Å². The first-order valence-corrected chi connectivity index (χ1v) is 8.27. The monoisotopic (exact) mass is 365 g/mol. The second-order valence-corrected chi connectivity index (χ2v) is 6.03. The van der Waals surface area contributed by atoms with Crippen molar-refractivity contribution >= 4 is 33.4 Å². The molecular weight excluding hydrogens is 350 g/mol. The van der Waals surface area contributed by atoms with E-state index >= 15 is 0 Å². The highest BCUT2D eigenvalue weighted by atomic mass is 79.9. The molecule has 2 nitrogen and oxygen atoms in total. The smallest absolute Gasteiger partial charge is 0.251 e. The maximum Gasteiger partial charge on any atom is 0.251 e. The Morgan fingerprint density at radius 1 is 1.24 bits per heavy atom. The average Bonchev–Trinajstić information content (AvgIpc) is 2.50. The lowest BCUT2D eigenvalue weighted by atomic mass is 10.1. The second kappa shape index (κ2) is 7.62. The summed E-state index contributed by atoms with van der Waals surface area (Å²) in [6.07, 6.45) is 0.796. The molecule has 0 bridgehead atoms. The van der Waals surface area contributed by atoms with Crippen molar-refractivity contribution in [2.24, 2.45) is 0 Å². The number of rotatable bonds is 5. The van der Waals surface area contributed by atoms with Crippen LogP contribution in [0.3, 0.4) is 0 Å². The highest BCUT2D eigenvalue weighted by Gasteiger charge is 2.14. The Kier molecular flexibility index (Phi) is 5.83. The van der Waals surface area contributed by atoms with Crippen LogP contribution in [-0.4, -0.2) is 17.3 Å². The molecule has 0 radical (unpaired) electrons. The van der Waals surface area contributed by atoms with E-state index in [1.54, 1.807) is 12.1 Å². The molecule has 0 aliphatic carbocycles. The molecule has 0 saturated heterocycles. The third kappa shape index (κ3) is 4.58. The molecule has 0 aliphatic heterocycles. The molecule has 2 aromatic rings. The number of amides is 1. The van der Waals surface area contributed by atoms with Gasteiger partial charge in [-0.3, -0.25) is 4.79 Å². The number of benzene rings is 2. The van der Waals surface area contributed by atoms with Gasteiger partial charge in [0.05, 0.1) is 0 Å². The van der Waals surface area contributed by atoms with E-state index < -0.39 is 0 Å². The summed E-state index contributed by atoms with van der Waals surface area (Å²) in [7, 11) is 0. The molecule has 0 saturated carbocycles. The SMILES string of the molecule is Cc1cc(C(=O)NC(CBr)Cc2ccccc2)ccc1Cl. The van der Waals surface area contributed by atoms with Crippen molar-refractivity contribution in [1.82, 2.24) is 5.32 Å². The summed E-state index contributed by atoms with van der Waals surface area (Å²) in [5.41, 5.74) is 2.74. The molecule has 2 rings (SSSR count). The van der Waals surface area contributed by atoms with Crippen LogP contribution in [0.2, 0.25) is 5.02 Å². The fourth-order valence-electron chi connectivity index (χ4n) is 2.10. The number of alkyl halides is 1. The van der Waals surface area contributed by atoms with Gasteiger partial charge in [0, 0.05) is 22.0 Å². The predicted molar refractivity (Wildman–Crippen MR) is 91.4 cm³/mol. The highest BCUT2D eigenvalue weighted by Crippen LogP contribution is 2.16. The molecule has 0 aromatic heterocycles. The van der Waals surface area contributed by atoms with Crippen molar-refractivity contribution in [3.63, 3.8) is 0 Å². The van der Waals surface area contributed by atoms with Crippen molar-refractivity contribution in [3.8, 4) is 0 Å². The Hall–Kier alpha value is -1.32. The molecule has 110 valence electrons. The summed E-state index contributed by atoms with van der Waals surface area (Å²) in [6.45, 7) is 1.89. The minimum atomic E-state index is -0.0739. The summed E-state index contributed by atoms with van der Waals surface area (Å²) < 4.78 is 0. The lowest BCUT2D eigenvalue weighted by molar-refractivity contribution is 0.0941. The van der Waals surface area contributed by atoms with Crippen molar-refractivity contribution in [3.05, 3.63) is 70.2 Å². The minimum absolute atomic E-state index is 0.0517. The quantitative estimate of drug-likeness (QED) is 0.782. The third-order valence-electron chi connectivity index (χ3n) is 3.27. The van der Waals surface area contributed by atoms with Crippen molar-refractivity contribution in [2.45, 2.75) is 19.4 Å². The summed E-state index contributed by atoms with van der Waals surface area (Å²) in [5.74, 6) is -0.0739. The van der Waals surface area contributed by atoms with E-state index in [1.165, 1.54) is 5.56 Å². The Balaban J connectivity index is 2.04. The number of carbonyl (C=O) groups excluding carboxylic acids is 1. The molecule has 0 spiro atoms. The molecule has 1 unspecified atom stereocenters. The first-order chi connectivity index (χ1) is 10.1. The van der Waals surface area contributed by atoms with Crippen LogP contribution < -0.4 is 5.32 Å². The minimum Gasteiger partial charge on any atom is -0.348 e. The number of hydrogen-bond donors (Lipinski definition) is 1. The zero-order chi connectivity index (χ0) is 15.2. The third-order valence-corrected chi connectivity index (χ3v) is 4.47. The zero-order valence-corrected chi connectivity index (χ0v) is 14.1. The largest absolute Gasteiger partial charge is 0.348 e. The molecule has 21 heavy (non-hydrogen) atoms. The zero-order valence-electron chi connectivity index (χ0n) is 11.8. The molecule has 0 fully saturated rings. The molecule has 1 amide bonds. The van der Waals surface area contributed by atoms with Crippen molar-refractivity contribution < 1.29 is 4.79 Å². The van der Waals surface area contributed by atoms with Gasteiger partial charge in [0.1, 0.15) is 0 Å². The Bertz CT molecular complexity index is 615. The van der Waals surface area contributed by atoms with E-state index in [9.17, 15) is 4.79 Å². The predicted octanol–water partition coefficient (Wildman–Crippen LogP) is 4.38. The van der Waals surface area contributed by atoms with Crippen LogP contribution in [0.1, 0.15) is 21.5 Å². The van der Waals surface area contributed by atoms with Gasteiger partial charge in [-0.1, -0.05) is 57.9 Å². The Labute approximate surface area is 138 Å². The maximum atomic E-state index is 12.3. The van der Waals surface area contributed by atoms with Gasteiger partial charge in [0.25, 0.3) is 5.91 Å². The summed E-state index contributed by atoms with van der Waals surface area (Å²) >= 11 is 9.45. The first-order valence-electron chi connectivity index (χ1n) is 6.77. The molecule has 0 aliphatic rings. The lowest BCUT2D eigenvalue weighted by Gasteiger charge is -2.16. The topological polar surface area (TPSA) is 29.1 Å². The van der Waals surface area contributed by atoms with Gasteiger partial charge in [-0.15, -0.1) is 0 Å². The van der Waals surface area contributed by atoms with Crippen LogP contribution in [0.15, 0.2) is 48.5 Å². The number of nitrogens with one attached hydrogen (secondary N) is 1. The van der Waals surface area contributed by atoms with Crippen LogP contribution in [0.25, 0.3) is 0 Å². The van der Waals surface area contributed by atoms with E-state index in [1.807, 2.05) is 31.2 Å². The molecular formula is C17H17BrClNO. The van der Waals surface area contributed by atoms with Crippen molar-refractivity contribution in [2.75, 3.05) is 5.33 Å². The molecule has 4 heteroatoms. The van der Waals surface area contributed by atoms with Crippen molar-refractivity contribution in [1.29, 1.82) is 0 Å². The van der Waals surface area contributed by atoms with Gasteiger partial charge in [0.15, 0.2) is 0 Å². The fourth-order valence-corrected chi connectivity index (χ4v) is 2.61. The fraction of sp³-hybridized carbons (Fsp3) is 0.235. The number of aryl methyl sites for hydroxylation is 1. The Morgan fingerprint density at radius 3 is 2.57 bits per heavy atom. The highest BCUT2D eigenvalue weighted by molar-refractivity contribution is 9.09. The molecule has 1 N–H and O–H groups in total. The standard InChI is InChI=1S/C17H17BrClNO/c1-12-9-14(7-8-16(12)19)17(21)20-15(11-18)10-13-5-3-2-4-6-13/h2-9,15H,10-11H2,1H3,(H,20,21). The summed E-state index contributed by atoms with van der Waals surface area (Å²) in [6, 6.07) is 15.5. The second-order valence-electron chi connectivity index (χ2n) is 4.98. The van der Waals surface area contributed by atoms with E-state index in [4.69, 9.17) is 11.6 Å². The molecule has 1 atom stereocenters. The van der Waals surface area contributed by atoms with Crippen LogP contribution >= 0.6 is 27.5 Å². The number of carbonyl (C=O) groups is 1. The van der Waals surface area contributed by atoms with Gasteiger partial charge in [0.2, 0.25) is 0 Å². The summed E-state index contributed by atoms with van der Waals surface area (Å²) in [4.78, 5) is 12.3. The lowest BCUT2D eigenvalue weighted by Crippen LogP contribution is -2.37. The van der Waals surface area contributed by atoms with Crippen LogP contribution in [-0.2, 0) is 6.42 Å². The van der Waals surface area contributed by atoms with Gasteiger partial charge in [-0.25, -0.2) is 0 Å². The van der Waals surface area contributed by atoms with E-state index in [-0.39, 0.29) is 11.9 Å². The van der Waals surface area contributed by atoms with Crippen LogP contribution in [0, 0.1) is 6.92 Å². The van der Waals surface area contributed by atoms with Gasteiger partial charge >= 0.3 is 0 Å². The Morgan fingerprint density at radius 2 is 1.95 bits per heavy atom. The number of halogens is 2. The number of hydrogen-bond acceptors (Lipinski definition) is 1. The van der Waals surface area contributed by atoms with Gasteiger partial charge in [-0.2, -0.15) is 0 Å². The normalized spacial score (nSPS) is 12.0. The first kappa shape index (κ1) is 16.1. The van der Waals surface area contributed by atoms with E-state index in [0.29, 0.717) is 15.9 Å². The summed E-state index contributed by atoms with van der Waals surface area (Å²) in [5, 5.41) is 4.43. The average molecular weight is 367 g/mol. The van der Waals surface area contributed by atoms with E-state index in [2.05, 4.69) is 33.4 Å². The molecule has 2 aromatic carbocycles. The molecule has 0 heterocycles. The van der Waals surface area contributed by atoms with Crippen LogP contribution in [0.5, 0.6) is 0 Å². The van der Waals surface area contributed by atoms with Gasteiger partial charge in [-0.05, 0) is 42.7 Å².